The Balaban J connectivity index is 1.69. The molecular weight excluding hydrogens is 354 g/mol. The van der Waals surface area contributed by atoms with Gasteiger partial charge in [0.05, 0.1) is 23.9 Å². The molecular formula is C19H16ClN3O3. The average molecular weight is 370 g/mol. The van der Waals surface area contributed by atoms with Crippen molar-refractivity contribution in [2.45, 2.75) is 13.5 Å². The number of benzene rings is 1. The molecule has 0 aliphatic carbocycles. The maximum atomic E-state index is 12.4. The Bertz CT molecular complexity index is 939. The number of carbonyl (C=O) groups is 2. The number of rotatable bonds is 5. The van der Waals surface area contributed by atoms with Gasteiger partial charge in [0.15, 0.2) is 0 Å². The van der Waals surface area contributed by atoms with E-state index < -0.39 is 0 Å². The Labute approximate surface area is 155 Å². The van der Waals surface area contributed by atoms with Crippen LogP contribution >= 0.6 is 11.6 Å². The van der Waals surface area contributed by atoms with Crippen LogP contribution in [-0.2, 0) is 6.54 Å². The average Bonchev–Trinajstić information content (AvgIpc) is 3.15. The molecule has 0 fully saturated rings. The third kappa shape index (κ3) is 4.29. The molecule has 0 saturated heterocycles. The van der Waals surface area contributed by atoms with Gasteiger partial charge in [-0.05, 0) is 48.9 Å². The van der Waals surface area contributed by atoms with Gasteiger partial charge in [-0.1, -0.05) is 11.6 Å². The molecule has 2 aromatic heterocycles. The van der Waals surface area contributed by atoms with Crippen molar-refractivity contribution >= 4 is 29.1 Å². The first-order valence-electron chi connectivity index (χ1n) is 7.86. The molecule has 2 amide bonds. The minimum Gasteiger partial charge on any atom is -0.467 e. The minimum atomic E-state index is -0.358. The molecule has 0 atom stereocenters. The van der Waals surface area contributed by atoms with Gasteiger partial charge in [0.1, 0.15) is 5.76 Å². The van der Waals surface area contributed by atoms with Gasteiger partial charge in [-0.15, -0.1) is 0 Å². The maximum absolute atomic E-state index is 12.4. The highest BCUT2D eigenvalue weighted by atomic mass is 35.5. The molecule has 0 radical (unpaired) electrons. The number of amides is 2. The van der Waals surface area contributed by atoms with Crippen LogP contribution in [-0.4, -0.2) is 16.8 Å². The van der Waals surface area contributed by atoms with Crippen LogP contribution in [0.5, 0.6) is 0 Å². The van der Waals surface area contributed by atoms with Crippen molar-refractivity contribution in [3.05, 3.63) is 82.5 Å². The normalized spacial score (nSPS) is 10.4. The predicted molar refractivity (Wildman–Crippen MR) is 98.3 cm³/mol. The van der Waals surface area contributed by atoms with Gasteiger partial charge in [0.2, 0.25) is 0 Å². The second-order valence-electron chi connectivity index (χ2n) is 5.64. The number of nitrogens with one attached hydrogen (secondary N) is 2. The molecule has 0 unspecified atom stereocenters. The molecule has 0 aliphatic rings. The maximum Gasteiger partial charge on any atom is 0.257 e. The fraction of sp³-hybridized carbons (Fsp3) is 0.105. The summed E-state index contributed by atoms with van der Waals surface area (Å²) in [5.41, 5.74) is 2.06. The van der Waals surface area contributed by atoms with E-state index in [0.717, 1.165) is 5.56 Å². The summed E-state index contributed by atoms with van der Waals surface area (Å²) in [6.07, 6.45) is 4.35. The number of furan rings is 1. The van der Waals surface area contributed by atoms with Gasteiger partial charge in [0.25, 0.3) is 11.8 Å². The van der Waals surface area contributed by atoms with Crippen LogP contribution < -0.4 is 10.6 Å². The van der Waals surface area contributed by atoms with E-state index >= 15 is 0 Å². The van der Waals surface area contributed by atoms with Crippen molar-refractivity contribution < 1.29 is 14.0 Å². The first-order valence-corrected chi connectivity index (χ1v) is 8.24. The smallest absolute Gasteiger partial charge is 0.257 e. The van der Waals surface area contributed by atoms with Crippen molar-refractivity contribution in [2.24, 2.45) is 0 Å². The van der Waals surface area contributed by atoms with Gasteiger partial charge in [-0.2, -0.15) is 0 Å². The molecule has 6 nitrogen and oxygen atoms in total. The number of hydrogen-bond acceptors (Lipinski definition) is 4. The summed E-state index contributed by atoms with van der Waals surface area (Å²) in [5, 5.41) is 6.10. The van der Waals surface area contributed by atoms with Crippen molar-refractivity contribution in [3.8, 4) is 0 Å². The predicted octanol–water partition coefficient (Wildman–Crippen LogP) is 3.82. The summed E-state index contributed by atoms with van der Waals surface area (Å²) in [5.74, 6) is -0.0618. The zero-order valence-electron chi connectivity index (χ0n) is 14.0. The fourth-order valence-electron chi connectivity index (χ4n) is 2.33. The monoisotopic (exact) mass is 369 g/mol. The highest BCUT2D eigenvalue weighted by molar-refractivity contribution is 6.30. The topological polar surface area (TPSA) is 84.2 Å². The highest BCUT2D eigenvalue weighted by Gasteiger charge is 2.13. The zero-order valence-corrected chi connectivity index (χ0v) is 14.7. The van der Waals surface area contributed by atoms with Crippen LogP contribution in [0.4, 0.5) is 5.69 Å². The van der Waals surface area contributed by atoms with Crippen LogP contribution in [0.2, 0.25) is 5.02 Å². The zero-order chi connectivity index (χ0) is 18.5. The molecule has 3 aromatic rings. The second kappa shape index (κ2) is 7.84. The number of carbonyl (C=O) groups excluding carboxylic acids is 2. The Morgan fingerprint density at radius 2 is 1.88 bits per heavy atom. The quantitative estimate of drug-likeness (QED) is 0.716. The van der Waals surface area contributed by atoms with Crippen LogP contribution in [0.25, 0.3) is 0 Å². The Morgan fingerprint density at radius 1 is 1.12 bits per heavy atom. The number of aromatic nitrogens is 1. The lowest BCUT2D eigenvalue weighted by molar-refractivity contribution is 0.0947. The highest BCUT2D eigenvalue weighted by Crippen LogP contribution is 2.20. The summed E-state index contributed by atoms with van der Waals surface area (Å²) in [6, 6.07) is 10.2. The van der Waals surface area contributed by atoms with Crippen molar-refractivity contribution in [3.63, 3.8) is 0 Å². The molecule has 2 heterocycles. The van der Waals surface area contributed by atoms with E-state index in [1.54, 1.807) is 30.3 Å². The molecule has 0 bridgehead atoms. The SMILES string of the molecule is Cc1cc(Cl)ccc1NC(=O)c1cncc(C(=O)NCc2ccco2)c1. The molecule has 0 saturated carbocycles. The van der Waals surface area contributed by atoms with Gasteiger partial charge in [-0.25, -0.2) is 0 Å². The summed E-state index contributed by atoms with van der Waals surface area (Å²) in [7, 11) is 0. The number of hydrogen-bond donors (Lipinski definition) is 2. The first-order chi connectivity index (χ1) is 12.5. The second-order valence-corrected chi connectivity index (χ2v) is 6.07. The molecule has 1 aromatic carbocycles. The lowest BCUT2D eigenvalue weighted by Gasteiger charge is -2.09. The fourth-order valence-corrected chi connectivity index (χ4v) is 2.56. The standard InChI is InChI=1S/C19H16ClN3O3/c1-12-7-15(20)4-5-17(12)23-19(25)14-8-13(9-21-10-14)18(24)22-11-16-3-2-6-26-16/h2-10H,11H2,1H3,(H,22,24)(H,23,25). The number of anilines is 1. The first kappa shape index (κ1) is 17.7. The van der Waals surface area contributed by atoms with E-state index in [9.17, 15) is 9.59 Å². The van der Waals surface area contributed by atoms with Crippen molar-refractivity contribution in [1.82, 2.24) is 10.3 Å². The Kier molecular flexibility index (Phi) is 5.34. The molecule has 7 heteroatoms. The summed E-state index contributed by atoms with van der Waals surface area (Å²) in [4.78, 5) is 28.6. The van der Waals surface area contributed by atoms with Crippen molar-refractivity contribution in [2.75, 3.05) is 5.32 Å². The number of aryl methyl sites for hydroxylation is 1. The van der Waals surface area contributed by atoms with Crippen molar-refractivity contribution in [1.29, 1.82) is 0 Å². The van der Waals surface area contributed by atoms with E-state index in [2.05, 4.69) is 15.6 Å². The molecule has 0 aliphatic heterocycles. The van der Waals surface area contributed by atoms with Crippen LogP contribution in [0.1, 0.15) is 32.0 Å². The van der Waals surface area contributed by atoms with Crippen LogP contribution in [0.15, 0.2) is 59.5 Å². The minimum absolute atomic E-state index is 0.256. The van der Waals surface area contributed by atoms with E-state index in [1.807, 2.05) is 6.92 Å². The number of pyridine rings is 1. The molecule has 0 spiro atoms. The van der Waals surface area contributed by atoms with E-state index in [-0.39, 0.29) is 29.5 Å². The lowest BCUT2D eigenvalue weighted by atomic mass is 10.1. The van der Waals surface area contributed by atoms with Gasteiger partial charge >= 0.3 is 0 Å². The van der Waals surface area contributed by atoms with Crippen LogP contribution in [0, 0.1) is 6.92 Å². The van der Waals surface area contributed by atoms with E-state index in [1.165, 1.54) is 24.7 Å². The lowest BCUT2D eigenvalue weighted by Crippen LogP contribution is -2.23. The summed E-state index contributed by atoms with van der Waals surface area (Å²) in [6.45, 7) is 2.10. The molecule has 3 rings (SSSR count). The van der Waals surface area contributed by atoms with Gasteiger partial charge in [-0.3, -0.25) is 14.6 Å². The Hall–Kier alpha value is -3.12. The van der Waals surface area contributed by atoms with E-state index in [0.29, 0.717) is 16.5 Å². The summed E-state index contributed by atoms with van der Waals surface area (Å²) < 4.78 is 5.16. The van der Waals surface area contributed by atoms with E-state index in [4.69, 9.17) is 16.0 Å². The molecule has 26 heavy (non-hydrogen) atoms. The number of nitrogens with zero attached hydrogens (tertiary/aromatic N) is 1. The third-order valence-corrected chi connectivity index (χ3v) is 3.94. The number of halogens is 1. The van der Waals surface area contributed by atoms with Gasteiger partial charge < -0.3 is 15.1 Å². The third-order valence-electron chi connectivity index (χ3n) is 3.70. The summed E-state index contributed by atoms with van der Waals surface area (Å²) >= 11 is 5.92. The van der Waals surface area contributed by atoms with Crippen LogP contribution in [0.3, 0.4) is 0 Å². The van der Waals surface area contributed by atoms with Gasteiger partial charge in [0, 0.05) is 23.1 Å². The molecule has 132 valence electrons. The largest absolute Gasteiger partial charge is 0.467 e. The molecule has 2 N–H and O–H groups in total. The Morgan fingerprint density at radius 3 is 2.58 bits per heavy atom.